The van der Waals surface area contributed by atoms with Crippen molar-refractivity contribution in [3.8, 4) is 0 Å². The zero-order valence-electron chi connectivity index (χ0n) is 11.4. The Labute approximate surface area is 135 Å². The van der Waals surface area contributed by atoms with Crippen LogP contribution in [-0.4, -0.2) is 24.4 Å². The molecule has 0 spiro atoms. The molecule has 110 valence electrons. The molecule has 0 bridgehead atoms. The van der Waals surface area contributed by atoms with Crippen molar-refractivity contribution in [3.63, 3.8) is 0 Å². The summed E-state index contributed by atoms with van der Waals surface area (Å²) in [5, 5.41) is 2.09. The molecule has 0 radical (unpaired) electrons. The van der Waals surface area contributed by atoms with E-state index in [1.807, 2.05) is 12.1 Å². The predicted octanol–water partition coefficient (Wildman–Crippen LogP) is 4.67. The van der Waals surface area contributed by atoms with Crippen LogP contribution in [0.1, 0.15) is 23.3 Å². The summed E-state index contributed by atoms with van der Waals surface area (Å²) in [4.78, 5) is 2.32. The third-order valence-corrected chi connectivity index (χ3v) is 4.42. The summed E-state index contributed by atoms with van der Waals surface area (Å²) in [6, 6.07) is 3.93. The van der Waals surface area contributed by atoms with Crippen LogP contribution in [0.2, 0.25) is 5.02 Å². The van der Waals surface area contributed by atoms with Crippen molar-refractivity contribution in [2.24, 2.45) is 0 Å². The lowest BCUT2D eigenvalue weighted by atomic mass is 10.0. The van der Waals surface area contributed by atoms with Gasteiger partial charge < -0.3 is 9.32 Å². The number of hydrogen-bond acceptors (Lipinski definition) is 2. The molecule has 5 heteroatoms. The summed E-state index contributed by atoms with van der Waals surface area (Å²) in [6.45, 7) is 1.96. The minimum absolute atomic E-state index is 0. The van der Waals surface area contributed by atoms with Gasteiger partial charge in [-0.15, -0.1) is 24.0 Å². The molecule has 1 aromatic carbocycles. The van der Waals surface area contributed by atoms with E-state index in [2.05, 4.69) is 11.9 Å². The van der Waals surface area contributed by atoms with E-state index in [0.29, 0.717) is 5.88 Å². The van der Waals surface area contributed by atoms with E-state index in [4.69, 9.17) is 27.6 Å². The summed E-state index contributed by atoms with van der Waals surface area (Å²) in [6.07, 6.45) is 2.83. The van der Waals surface area contributed by atoms with Gasteiger partial charge in [-0.05, 0) is 37.6 Å². The van der Waals surface area contributed by atoms with Crippen molar-refractivity contribution in [1.82, 2.24) is 4.90 Å². The number of rotatable bonds is 3. The second kappa shape index (κ2) is 6.57. The average molecular weight is 335 g/mol. The highest BCUT2D eigenvalue weighted by Crippen LogP contribution is 2.36. The van der Waals surface area contributed by atoms with Gasteiger partial charge in [0.25, 0.3) is 0 Å². The molecule has 0 saturated carbocycles. The van der Waals surface area contributed by atoms with Crippen LogP contribution >= 0.6 is 35.6 Å². The van der Waals surface area contributed by atoms with Crippen molar-refractivity contribution < 1.29 is 4.42 Å². The molecule has 1 aromatic heterocycles. The SMILES string of the molecule is CN1CCc2c(Cl)ccc3oc(CCCCl)c(c23)C1.Cl. The van der Waals surface area contributed by atoms with Crippen molar-refractivity contribution in [3.05, 3.63) is 34.0 Å². The smallest absolute Gasteiger partial charge is 0.135 e. The maximum Gasteiger partial charge on any atom is 0.135 e. The summed E-state index contributed by atoms with van der Waals surface area (Å²) in [5.74, 6) is 1.74. The Kier molecular flexibility index (Phi) is 5.25. The molecule has 1 aliphatic heterocycles. The molecule has 2 nitrogen and oxygen atoms in total. The van der Waals surface area contributed by atoms with Crippen LogP contribution in [0.15, 0.2) is 16.5 Å². The highest BCUT2D eigenvalue weighted by atomic mass is 35.5. The molecule has 20 heavy (non-hydrogen) atoms. The molecule has 0 N–H and O–H groups in total. The molecular formula is C15H18Cl3NO. The molecule has 3 rings (SSSR count). The number of likely N-dealkylation sites (N-methyl/N-ethyl adjacent to an activating group) is 1. The maximum absolute atomic E-state index is 6.36. The van der Waals surface area contributed by atoms with Crippen molar-refractivity contribution >= 4 is 46.6 Å². The van der Waals surface area contributed by atoms with Gasteiger partial charge in [-0.3, -0.25) is 0 Å². The third-order valence-electron chi connectivity index (χ3n) is 3.80. The highest BCUT2D eigenvalue weighted by Gasteiger charge is 2.22. The van der Waals surface area contributed by atoms with E-state index in [0.717, 1.165) is 48.7 Å². The summed E-state index contributed by atoms with van der Waals surface area (Å²) in [7, 11) is 2.14. The predicted molar refractivity (Wildman–Crippen MR) is 87.6 cm³/mol. The van der Waals surface area contributed by atoms with Crippen LogP contribution in [0.5, 0.6) is 0 Å². The number of nitrogens with zero attached hydrogens (tertiary/aromatic N) is 1. The Morgan fingerprint density at radius 2 is 2.10 bits per heavy atom. The Morgan fingerprint density at radius 3 is 2.85 bits per heavy atom. The lowest BCUT2D eigenvalue weighted by Gasteiger charge is -2.13. The van der Waals surface area contributed by atoms with Gasteiger partial charge in [0.1, 0.15) is 11.3 Å². The minimum Gasteiger partial charge on any atom is -0.461 e. The standard InChI is InChI=1S/C15H17Cl2NO.ClH/c1-18-8-6-10-12(17)4-5-14-15(10)11(9-18)13(19-14)3-2-7-16;/h4-5H,2-3,6-9H2,1H3;1H. The zero-order valence-corrected chi connectivity index (χ0v) is 13.7. The average Bonchev–Trinajstić information content (AvgIpc) is 2.62. The first-order chi connectivity index (χ1) is 9.20. The van der Waals surface area contributed by atoms with Gasteiger partial charge in [0.15, 0.2) is 0 Å². The largest absolute Gasteiger partial charge is 0.461 e. The van der Waals surface area contributed by atoms with Crippen molar-refractivity contribution in [2.45, 2.75) is 25.8 Å². The number of furan rings is 1. The van der Waals surface area contributed by atoms with Gasteiger partial charge in [0.05, 0.1) is 0 Å². The summed E-state index contributed by atoms with van der Waals surface area (Å²) in [5.41, 5.74) is 3.51. The number of aryl methyl sites for hydroxylation is 1. The molecule has 0 saturated heterocycles. The first-order valence-corrected chi connectivity index (χ1v) is 7.58. The molecule has 0 fully saturated rings. The van der Waals surface area contributed by atoms with E-state index >= 15 is 0 Å². The Hall–Kier alpha value is -0.410. The van der Waals surface area contributed by atoms with Crippen LogP contribution in [0.4, 0.5) is 0 Å². The normalized spacial score (nSPS) is 15.2. The molecular weight excluding hydrogens is 317 g/mol. The van der Waals surface area contributed by atoms with E-state index in [1.54, 1.807) is 0 Å². The second-order valence-corrected chi connectivity index (χ2v) is 5.97. The van der Waals surface area contributed by atoms with Crippen LogP contribution < -0.4 is 0 Å². The van der Waals surface area contributed by atoms with Crippen LogP contribution in [0.25, 0.3) is 11.0 Å². The maximum atomic E-state index is 6.36. The zero-order chi connectivity index (χ0) is 13.4. The van der Waals surface area contributed by atoms with Gasteiger partial charge in [0, 0.05) is 41.4 Å². The van der Waals surface area contributed by atoms with E-state index in [9.17, 15) is 0 Å². The molecule has 2 aromatic rings. The van der Waals surface area contributed by atoms with Crippen LogP contribution in [0.3, 0.4) is 0 Å². The minimum atomic E-state index is 0. The fraction of sp³-hybridized carbons (Fsp3) is 0.467. The fourth-order valence-electron chi connectivity index (χ4n) is 2.84. The lowest BCUT2D eigenvalue weighted by Crippen LogP contribution is -2.19. The molecule has 0 atom stereocenters. The fourth-order valence-corrected chi connectivity index (χ4v) is 3.23. The summed E-state index contributed by atoms with van der Waals surface area (Å²) >= 11 is 12.2. The highest BCUT2D eigenvalue weighted by molar-refractivity contribution is 6.32. The van der Waals surface area contributed by atoms with Gasteiger partial charge in [-0.1, -0.05) is 11.6 Å². The molecule has 0 amide bonds. The molecule has 0 unspecified atom stereocenters. The van der Waals surface area contributed by atoms with Crippen LogP contribution in [-0.2, 0) is 19.4 Å². The summed E-state index contributed by atoms with van der Waals surface area (Å²) < 4.78 is 6.03. The monoisotopic (exact) mass is 333 g/mol. The molecule has 0 aliphatic carbocycles. The molecule has 1 aliphatic rings. The number of hydrogen-bond donors (Lipinski definition) is 0. The third kappa shape index (κ3) is 2.80. The van der Waals surface area contributed by atoms with Crippen LogP contribution in [0, 0.1) is 0 Å². The van der Waals surface area contributed by atoms with E-state index in [-0.39, 0.29) is 12.4 Å². The first-order valence-electron chi connectivity index (χ1n) is 6.67. The number of alkyl halides is 1. The van der Waals surface area contributed by atoms with Gasteiger partial charge in [0.2, 0.25) is 0 Å². The van der Waals surface area contributed by atoms with Gasteiger partial charge in [-0.25, -0.2) is 0 Å². The quantitative estimate of drug-likeness (QED) is 0.759. The van der Waals surface area contributed by atoms with Crippen molar-refractivity contribution in [1.29, 1.82) is 0 Å². The Balaban J connectivity index is 0.00000147. The van der Waals surface area contributed by atoms with Gasteiger partial charge >= 0.3 is 0 Å². The number of halogens is 3. The van der Waals surface area contributed by atoms with Gasteiger partial charge in [-0.2, -0.15) is 0 Å². The molecule has 2 heterocycles. The topological polar surface area (TPSA) is 16.4 Å². The lowest BCUT2D eigenvalue weighted by molar-refractivity contribution is 0.332. The van der Waals surface area contributed by atoms with E-state index < -0.39 is 0 Å². The Morgan fingerprint density at radius 1 is 1.30 bits per heavy atom. The number of benzene rings is 1. The Bertz CT molecular complexity index is 609. The first kappa shape index (κ1) is 16.0. The second-order valence-electron chi connectivity index (χ2n) is 5.18. The van der Waals surface area contributed by atoms with E-state index in [1.165, 1.54) is 16.5 Å². The van der Waals surface area contributed by atoms with Crippen molar-refractivity contribution in [2.75, 3.05) is 19.5 Å².